The van der Waals surface area contributed by atoms with E-state index >= 15 is 0 Å². The van der Waals surface area contributed by atoms with E-state index < -0.39 is 15.5 Å². The van der Waals surface area contributed by atoms with E-state index in [9.17, 15) is 19.3 Å². The van der Waals surface area contributed by atoms with Crippen molar-refractivity contribution in [3.05, 3.63) is 58.4 Å². The zero-order valence-corrected chi connectivity index (χ0v) is 13.3. The van der Waals surface area contributed by atoms with Crippen molar-refractivity contribution in [2.45, 2.75) is 23.5 Å². The molecule has 0 bridgehead atoms. The highest BCUT2D eigenvalue weighted by atomic mass is 32.2. The van der Waals surface area contributed by atoms with Gasteiger partial charge in [0.15, 0.2) is 0 Å². The Morgan fingerprint density at radius 3 is 2.43 bits per heavy atom. The van der Waals surface area contributed by atoms with Crippen LogP contribution in [-0.2, 0) is 4.79 Å². The maximum Gasteiger partial charge on any atom is 0.270 e. The molecule has 5 nitrogen and oxygen atoms in total. The van der Waals surface area contributed by atoms with Gasteiger partial charge in [0.2, 0.25) is 5.91 Å². The molecule has 1 aliphatic rings. The molecule has 0 aliphatic carbocycles. The minimum absolute atomic E-state index is 0.0274. The van der Waals surface area contributed by atoms with E-state index in [2.05, 4.69) is 0 Å². The number of benzene rings is 2. The predicted molar refractivity (Wildman–Crippen MR) is 86.6 cm³/mol. The average Bonchev–Trinajstić information content (AvgIpc) is 2.49. The number of nitro groups is 1. The summed E-state index contributed by atoms with van der Waals surface area (Å²) in [5.41, 5.74) is 1.07. The lowest BCUT2D eigenvalue weighted by Crippen LogP contribution is -2.43. The minimum atomic E-state index is -0.781. The Labute approximate surface area is 136 Å². The van der Waals surface area contributed by atoms with Gasteiger partial charge in [0.05, 0.1) is 15.4 Å². The lowest BCUT2D eigenvalue weighted by atomic mass is 10.1. The highest BCUT2D eigenvalue weighted by Crippen LogP contribution is 2.48. The Morgan fingerprint density at radius 2 is 1.83 bits per heavy atom. The van der Waals surface area contributed by atoms with Crippen LogP contribution >= 0.6 is 11.8 Å². The van der Waals surface area contributed by atoms with E-state index in [1.54, 1.807) is 19.9 Å². The Balaban J connectivity index is 2.17. The number of carbonyl (C=O) groups excluding carboxylic acids is 1. The first-order valence-corrected chi connectivity index (χ1v) is 7.69. The Hall–Kier alpha value is -2.41. The van der Waals surface area contributed by atoms with Crippen LogP contribution in [0.3, 0.4) is 0 Å². The Bertz CT molecular complexity index is 805. The van der Waals surface area contributed by atoms with Crippen molar-refractivity contribution in [3.63, 3.8) is 0 Å². The number of hydrogen-bond acceptors (Lipinski definition) is 4. The van der Waals surface area contributed by atoms with Crippen LogP contribution in [0.25, 0.3) is 0 Å². The standard InChI is InChI=1S/C16H13FN2O3S/c1-16(2)15(20)18(11-5-3-10(17)4-6-11)13-8-7-12(19(21)22)9-14(13)23-16/h3-9H,1-2H3. The Morgan fingerprint density at radius 1 is 1.17 bits per heavy atom. The molecular formula is C16H13FN2O3S. The molecule has 0 unspecified atom stereocenters. The smallest absolute Gasteiger partial charge is 0.270 e. The zero-order chi connectivity index (χ0) is 16.8. The van der Waals surface area contributed by atoms with Crippen LogP contribution in [0, 0.1) is 15.9 Å². The number of non-ortho nitro benzene ring substituents is 1. The second kappa shape index (κ2) is 5.34. The van der Waals surface area contributed by atoms with Crippen LogP contribution in [0.2, 0.25) is 0 Å². The molecule has 7 heteroatoms. The summed E-state index contributed by atoms with van der Waals surface area (Å²) in [6.45, 7) is 3.52. The van der Waals surface area contributed by atoms with Gasteiger partial charge in [-0.15, -0.1) is 11.8 Å². The highest BCUT2D eigenvalue weighted by molar-refractivity contribution is 8.01. The molecule has 0 fully saturated rings. The number of anilines is 2. The molecule has 1 aliphatic heterocycles. The zero-order valence-electron chi connectivity index (χ0n) is 12.4. The molecule has 0 radical (unpaired) electrons. The van der Waals surface area contributed by atoms with Gasteiger partial charge >= 0.3 is 0 Å². The van der Waals surface area contributed by atoms with Crippen LogP contribution in [0.1, 0.15) is 13.8 Å². The van der Waals surface area contributed by atoms with E-state index in [1.165, 1.54) is 53.1 Å². The molecule has 0 spiro atoms. The molecule has 1 amide bonds. The van der Waals surface area contributed by atoms with E-state index in [1.807, 2.05) is 0 Å². The van der Waals surface area contributed by atoms with Crippen LogP contribution in [0.15, 0.2) is 47.4 Å². The van der Waals surface area contributed by atoms with Gasteiger partial charge in [-0.3, -0.25) is 19.8 Å². The summed E-state index contributed by atoms with van der Waals surface area (Å²) in [6.07, 6.45) is 0. The molecule has 0 aromatic heterocycles. The van der Waals surface area contributed by atoms with E-state index in [4.69, 9.17) is 0 Å². The fraction of sp³-hybridized carbons (Fsp3) is 0.188. The number of nitrogens with zero attached hydrogens (tertiary/aromatic N) is 2. The van der Waals surface area contributed by atoms with Crippen molar-refractivity contribution in [3.8, 4) is 0 Å². The monoisotopic (exact) mass is 332 g/mol. The molecule has 0 atom stereocenters. The van der Waals surface area contributed by atoms with Gasteiger partial charge in [0, 0.05) is 22.7 Å². The number of carbonyl (C=O) groups is 1. The predicted octanol–water partition coefficient (Wildman–Crippen LogP) is 4.28. The normalized spacial score (nSPS) is 16.1. The first kappa shape index (κ1) is 15.5. The molecule has 0 saturated heterocycles. The second-order valence-electron chi connectivity index (χ2n) is 5.64. The van der Waals surface area contributed by atoms with Gasteiger partial charge in [0.25, 0.3) is 5.69 Å². The number of hydrogen-bond donors (Lipinski definition) is 0. The lowest BCUT2D eigenvalue weighted by Gasteiger charge is -2.37. The van der Waals surface area contributed by atoms with Crippen molar-refractivity contribution in [1.29, 1.82) is 0 Å². The Kier molecular flexibility index (Phi) is 3.60. The summed E-state index contributed by atoms with van der Waals surface area (Å²) < 4.78 is 12.4. The summed E-state index contributed by atoms with van der Waals surface area (Å²) in [5.74, 6) is -0.550. The number of nitro benzene ring substituents is 1. The second-order valence-corrected chi connectivity index (χ2v) is 7.30. The van der Waals surface area contributed by atoms with Gasteiger partial charge in [-0.25, -0.2) is 4.39 Å². The first-order chi connectivity index (χ1) is 10.8. The van der Waals surface area contributed by atoms with E-state index in [-0.39, 0.29) is 11.6 Å². The van der Waals surface area contributed by atoms with Crippen molar-refractivity contribution in [2.75, 3.05) is 4.90 Å². The summed E-state index contributed by atoms with van der Waals surface area (Å²) >= 11 is 1.29. The van der Waals surface area contributed by atoms with E-state index in [0.717, 1.165) is 0 Å². The van der Waals surface area contributed by atoms with Gasteiger partial charge in [-0.05, 0) is 44.2 Å². The third-order valence-electron chi connectivity index (χ3n) is 3.56. The number of halogens is 1. The SMILES string of the molecule is CC1(C)Sc2cc([N+](=O)[O-])ccc2N(c2ccc(F)cc2)C1=O. The number of fused-ring (bicyclic) bond motifs is 1. The molecule has 23 heavy (non-hydrogen) atoms. The fourth-order valence-corrected chi connectivity index (χ4v) is 3.60. The molecule has 0 N–H and O–H groups in total. The van der Waals surface area contributed by atoms with Gasteiger partial charge in [-0.2, -0.15) is 0 Å². The summed E-state index contributed by atoms with van der Waals surface area (Å²) in [4.78, 5) is 25.4. The molecular weight excluding hydrogens is 319 g/mol. The average molecular weight is 332 g/mol. The number of amides is 1. The molecule has 1 heterocycles. The van der Waals surface area contributed by atoms with Gasteiger partial charge in [0.1, 0.15) is 5.82 Å². The molecule has 2 aromatic carbocycles. The summed E-state index contributed by atoms with van der Waals surface area (Å²) in [6, 6.07) is 9.98. The largest absolute Gasteiger partial charge is 0.279 e. The maximum absolute atomic E-state index is 13.2. The number of rotatable bonds is 2. The summed E-state index contributed by atoms with van der Waals surface area (Å²) in [5, 5.41) is 11.0. The summed E-state index contributed by atoms with van der Waals surface area (Å²) in [7, 11) is 0. The van der Waals surface area contributed by atoms with Gasteiger partial charge < -0.3 is 0 Å². The lowest BCUT2D eigenvalue weighted by molar-refractivity contribution is -0.385. The minimum Gasteiger partial charge on any atom is -0.279 e. The van der Waals surface area contributed by atoms with E-state index in [0.29, 0.717) is 16.3 Å². The van der Waals surface area contributed by atoms with Crippen LogP contribution in [0.5, 0.6) is 0 Å². The molecule has 0 saturated carbocycles. The third-order valence-corrected chi connectivity index (χ3v) is 4.80. The van der Waals surface area contributed by atoms with Crippen molar-refractivity contribution in [1.82, 2.24) is 0 Å². The topological polar surface area (TPSA) is 63.5 Å². The molecule has 2 aromatic rings. The van der Waals surface area contributed by atoms with Crippen molar-refractivity contribution >= 4 is 34.7 Å². The first-order valence-electron chi connectivity index (χ1n) is 6.87. The van der Waals surface area contributed by atoms with Crippen LogP contribution < -0.4 is 4.90 Å². The van der Waals surface area contributed by atoms with Crippen molar-refractivity contribution < 1.29 is 14.1 Å². The quantitative estimate of drug-likeness (QED) is 0.608. The molecule has 118 valence electrons. The highest BCUT2D eigenvalue weighted by Gasteiger charge is 2.41. The number of thioether (sulfide) groups is 1. The fourth-order valence-electron chi connectivity index (χ4n) is 2.43. The maximum atomic E-state index is 13.2. The van der Waals surface area contributed by atoms with Gasteiger partial charge in [-0.1, -0.05) is 0 Å². The van der Waals surface area contributed by atoms with Crippen molar-refractivity contribution in [2.24, 2.45) is 0 Å². The third kappa shape index (κ3) is 2.68. The van der Waals surface area contributed by atoms with Crippen LogP contribution in [-0.4, -0.2) is 15.6 Å². The molecule has 3 rings (SSSR count). The van der Waals surface area contributed by atoms with Crippen LogP contribution in [0.4, 0.5) is 21.5 Å².